The Morgan fingerprint density at radius 1 is 1.04 bits per heavy atom. The Labute approximate surface area is 152 Å². The molecule has 1 saturated carbocycles. The first-order valence-corrected chi connectivity index (χ1v) is 10.2. The zero-order valence-electron chi connectivity index (χ0n) is 16.0. The standard InChI is InChI=1S/C19H35N5O/c1-3-20-19(21-15-17-7-6-8-17)24-13-11-22(12-14-24)16(2)18(25)23-9-4-5-10-23/h16-17H,3-15H2,1-2H3,(H,20,21). The van der Waals surface area contributed by atoms with Crippen LogP contribution in [0.25, 0.3) is 0 Å². The van der Waals surface area contributed by atoms with Crippen LogP contribution in [0.1, 0.15) is 46.0 Å². The number of aliphatic imine (C=N–C) groups is 1. The molecule has 1 N–H and O–H groups in total. The minimum atomic E-state index is 0.00903. The minimum Gasteiger partial charge on any atom is -0.357 e. The summed E-state index contributed by atoms with van der Waals surface area (Å²) >= 11 is 0. The Morgan fingerprint density at radius 3 is 2.28 bits per heavy atom. The summed E-state index contributed by atoms with van der Waals surface area (Å²) in [4.78, 5) is 24.2. The molecule has 2 heterocycles. The van der Waals surface area contributed by atoms with Gasteiger partial charge in [0, 0.05) is 52.4 Å². The van der Waals surface area contributed by atoms with E-state index in [9.17, 15) is 4.79 Å². The van der Waals surface area contributed by atoms with Crippen molar-refractivity contribution in [1.82, 2.24) is 20.0 Å². The molecule has 1 amide bonds. The van der Waals surface area contributed by atoms with Crippen molar-refractivity contribution in [3.8, 4) is 0 Å². The van der Waals surface area contributed by atoms with Gasteiger partial charge in [0.05, 0.1) is 6.04 Å². The first kappa shape index (κ1) is 18.5. The van der Waals surface area contributed by atoms with Gasteiger partial charge in [0.2, 0.25) is 5.91 Å². The van der Waals surface area contributed by atoms with Crippen LogP contribution in [-0.4, -0.2) is 85.0 Å². The summed E-state index contributed by atoms with van der Waals surface area (Å²) in [5, 5.41) is 3.45. The van der Waals surface area contributed by atoms with E-state index in [0.717, 1.165) is 77.1 Å². The molecule has 0 radical (unpaired) electrons. The van der Waals surface area contributed by atoms with Crippen LogP contribution >= 0.6 is 0 Å². The number of nitrogens with zero attached hydrogens (tertiary/aromatic N) is 4. The molecule has 6 heteroatoms. The molecule has 1 aliphatic carbocycles. The average molecular weight is 350 g/mol. The molecule has 3 rings (SSSR count). The van der Waals surface area contributed by atoms with Crippen LogP contribution in [0.4, 0.5) is 0 Å². The number of hydrogen-bond donors (Lipinski definition) is 1. The predicted molar refractivity (Wildman–Crippen MR) is 102 cm³/mol. The van der Waals surface area contributed by atoms with Crippen molar-refractivity contribution in [1.29, 1.82) is 0 Å². The summed E-state index contributed by atoms with van der Waals surface area (Å²) in [7, 11) is 0. The second-order valence-electron chi connectivity index (χ2n) is 7.72. The highest BCUT2D eigenvalue weighted by Gasteiger charge is 2.30. The first-order chi connectivity index (χ1) is 12.2. The molecule has 3 fully saturated rings. The number of nitrogens with one attached hydrogen (secondary N) is 1. The maximum Gasteiger partial charge on any atom is 0.239 e. The Morgan fingerprint density at radius 2 is 1.72 bits per heavy atom. The van der Waals surface area contributed by atoms with Gasteiger partial charge < -0.3 is 15.1 Å². The fourth-order valence-corrected chi connectivity index (χ4v) is 4.00. The summed E-state index contributed by atoms with van der Waals surface area (Å²) in [5.74, 6) is 2.18. The Hall–Kier alpha value is -1.30. The van der Waals surface area contributed by atoms with Gasteiger partial charge in [-0.05, 0) is 45.4 Å². The summed E-state index contributed by atoms with van der Waals surface area (Å²) in [6.45, 7) is 11.8. The van der Waals surface area contributed by atoms with E-state index in [1.54, 1.807) is 0 Å². The largest absolute Gasteiger partial charge is 0.357 e. The van der Waals surface area contributed by atoms with Crippen molar-refractivity contribution in [2.24, 2.45) is 10.9 Å². The van der Waals surface area contributed by atoms with E-state index in [2.05, 4.69) is 29.0 Å². The van der Waals surface area contributed by atoms with Gasteiger partial charge in [0.15, 0.2) is 5.96 Å². The van der Waals surface area contributed by atoms with Crippen LogP contribution in [0, 0.1) is 5.92 Å². The van der Waals surface area contributed by atoms with E-state index in [4.69, 9.17) is 4.99 Å². The van der Waals surface area contributed by atoms with E-state index in [0.29, 0.717) is 5.91 Å². The van der Waals surface area contributed by atoms with Crippen molar-refractivity contribution in [2.75, 3.05) is 52.4 Å². The van der Waals surface area contributed by atoms with Gasteiger partial charge in [0.1, 0.15) is 0 Å². The monoisotopic (exact) mass is 349 g/mol. The number of piperazine rings is 1. The smallest absolute Gasteiger partial charge is 0.239 e. The van der Waals surface area contributed by atoms with Crippen LogP contribution in [0.2, 0.25) is 0 Å². The average Bonchev–Trinajstić information content (AvgIpc) is 3.13. The number of rotatable bonds is 5. The summed E-state index contributed by atoms with van der Waals surface area (Å²) in [6.07, 6.45) is 6.38. The lowest BCUT2D eigenvalue weighted by atomic mass is 9.86. The van der Waals surface area contributed by atoms with Crippen molar-refractivity contribution in [3.05, 3.63) is 0 Å². The number of carbonyl (C=O) groups excluding carboxylic acids is 1. The third kappa shape index (κ3) is 4.66. The molecule has 6 nitrogen and oxygen atoms in total. The Kier molecular flexibility index (Phi) is 6.57. The van der Waals surface area contributed by atoms with E-state index < -0.39 is 0 Å². The number of amides is 1. The fourth-order valence-electron chi connectivity index (χ4n) is 4.00. The molecule has 2 aliphatic heterocycles. The maximum absolute atomic E-state index is 12.6. The molecular formula is C19H35N5O. The molecule has 0 aromatic heterocycles. The van der Waals surface area contributed by atoms with Gasteiger partial charge in [0.25, 0.3) is 0 Å². The second-order valence-corrected chi connectivity index (χ2v) is 7.72. The minimum absolute atomic E-state index is 0.00903. The molecule has 1 unspecified atom stereocenters. The lowest BCUT2D eigenvalue weighted by molar-refractivity contribution is -0.135. The Balaban J connectivity index is 1.49. The van der Waals surface area contributed by atoms with Crippen LogP contribution in [0.5, 0.6) is 0 Å². The number of likely N-dealkylation sites (tertiary alicyclic amines) is 1. The lowest BCUT2D eigenvalue weighted by Gasteiger charge is -2.39. The zero-order chi connectivity index (χ0) is 17.6. The van der Waals surface area contributed by atoms with E-state index in [-0.39, 0.29) is 6.04 Å². The number of carbonyl (C=O) groups is 1. The molecule has 0 aromatic rings. The van der Waals surface area contributed by atoms with Gasteiger partial charge in [-0.1, -0.05) is 6.42 Å². The van der Waals surface area contributed by atoms with E-state index >= 15 is 0 Å². The third-order valence-corrected chi connectivity index (χ3v) is 6.00. The molecule has 3 aliphatic rings. The van der Waals surface area contributed by atoms with Gasteiger partial charge >= 0.3 is 0 Å². The lowest BCUT2D eigenvalue weighted by Crippen LogP contribution is -2.57. The summed E-state index contributed by atoms with van der Waals surface area (Å²) < 4.78 is 0. The van der Waals surface area contributed by atoms with Crippen LogP contribution in [-0.2, 0) is 4.79 Å². The van der Waals surface area contributed by atoms with Gasteiger partial charge in [-0.25, -0.2) is 0 Å². The highest BCUT2D eigenvalue weighted by Crippen LogP contribution is 2.26. The van der Waals surface area contributed by atoms with E-state index in [1.807, 2.05) is 4.90 Å². The molecule has 142 valence electrons. The van der Waals surface area contributed by atoms with Crippen molar-refractivity contribution < 1.29 is 4.79 Å². The summed E-state index contributed by atoms with van der Waals surface area (Å²) in [5.41, 5.74) is 0. The van der Waals surface area contributed by atoms with Crippen molar-refractivity contribution in [3.63, 3.8) is 0 Å². The third-order valence-electron chi connectivity index (χ3n) is 6.00. The molecule has 25 heavy (non-hydrogen) atoms. The first-order valence-electron chi connectivity index (χ1n) is 10.2. The maximum atomic E-state index is 12.6. The van der Waals surface area contributed by atoms with Gasteiger partial charge in [-0.2, -0.15) is 0 Å². The van der Waals surface area contributed by atoms with Crippen molar-refractivity contribution in [2.45, 2.75) is 52.0 Å². The fraction of sp³-hybridized carbons (Fsp3) is 0.895. The van der Waals surface area contributed by atoms with Crippen LogP contribution < -0.4 is 5.32 Å². The van der Waals surface area contributed by atoms with Gasteiger partial charge in [-0.3, -0.25) is 14.7 Å². The highest BCUT2D eigenvalue weighted by atomic mass is 16.2. The summed E-state index contributed by atoms with van der Waals surface area (Å²) in [6, 6.07) is 0.00903. The molecule has 1 atom stereocenters. The van der Waals surface area contributed by atoms with Crippen LogP contribution in [0.3, 0.4) is 0 Å². The quantitative estimate of drug-likeness (QED) is 0.602. The highest BCUT2D eigenvalue weighted by molar-refractivity contribution is 5.82. The molecule has 2 saturated heterocycles. The molecular weight excluding hydrogens is 314 g/mol. The molecule has 0 spiro atoms. The number of hydrogen-bond acceptors (Lipinski definition) is 3. The van der Waals surface area contributed by atoms with Gasteiger partial charge in [-0.15, -0.1) is 0 Å². The Bertz CT molecular complexity index is 462. The van der Waals surface area contributed by atoms with Crippen molar-refractivity contribution >= 4 is 11.9 Å². The normalized spacial score (nSPS) is 24.3. The molecule has 0 aromatic carbocycles. The zero-order valence-corrected chi connectivity index (χ0v) is 16.0. The number of guanidine groups is 1. The van der Waals surface area contributed by atoms with Crippen LogP contribution in [0.15, 0.2) is 4.99 Å². The SMILES string of the molecule is CCNC(=NCC1CCC1)N1CCN(C(C)C(=O)N2CCCC2)CC1. The molecule has 0 bridgehead atoms. The van der Waals surface area contributed by atoms with E-state index in [1.165, 1.54) is 19.3 Å². The predicted octanol–water partition coefficient (Wildman–Crippen LogP) is 1.38. The second kappa shape index (κ2) is 8.88. The topological polar surface area (TPSA) is 51.2 Å².